The number of fused-ring (bicyclic) bond motifs is 3. The molecule has 0 aromatic heterocycles. The number of benzene rings is 4. The molecule has 37 heavy (non-hydrogen) atoms. The van der Waals surface area contributed by atoms with Crippen molar-refractivity contribution in [2.24, 2.45) is 0 Å². The Balaban J connectivity index is 1.72. The van der Waals surface area contributed by atoms with Crippen LogP contribution < -0.4 is 4.90 Å². The largest absolute Gasteiger partial charge is 0.385 e. The van der Waals surface area contributed by atoms with Gasteiger partial charge in [-0.15, -0.1) is 0 Å². The van der Waals surface area contributed by atoms with Gasteiger partial charge in [-0.1, -0.05) is 74.5 Å². The molecule has 3 heteroatoms. The number of para-hydroxylation sites is 2. The molecule has 0 amide bonds. The van der Waals surface area contributed by atoms with Crippen LogP contribution in [0.5, 0.6) is 0 Å². The first-order chi connectivity index (χ1) is 18.1. The summed E-state index contributed by atoms with van der Waals surface area (Å²) < 4.78 is 11.4. The van der Waals surface area contributed by atoms with Crippen LogP contribution in [0.2, 0.25) is 0 Å². The normalized spacial score (nSPS) is 13.4. The first-order valence-corrected chi connectivity index (χ1v) is 13.3. The van der Waals surface area contributed by atoms with E-state index >= 15 is 0 Å². The van der Waals surface area contributed by atoms with Crippen molar-refractivity contribution < 1.29 is 9.47 Å². The summed E-state index contributed by atoms with van der Waals surface area (Å²) in [4.78, 5) is 2.35. The minimum Gasteiger partial charge on any atom is -0.385 e. The molecule has 4 aromatic rings. The van der Waals surface area contributed by atoms with Crippen molar-refractivity contribution in [2.45, 2.75) is 38.0 Å². The van der Waals surface area contributed by atoms with Crippen LogP contribution in [0.15, 0.2) is 97.1 Å². The second kappa shape index (κ2) is 10.9. The molecule has 0 saturated heterocycles. The summed E-state index contributed by atoms with van der Waals surface area (Å²) in [5.41, 5.74) is 10.1. The van der Waals surface area contributed by atoms with E-state index in [9.17, 15) is 0 Å². The van der Waals surface area contributed by atoms with Gasteiger partial charge in [-0.05, 0) is 83.0 Å². The SMILES string of the molecule is COCCC1(CCOC)c2cc(C(C)C)ccc2-c2ccc(N(c3ccccc3)c3ccccc3)cc21. The van der Waals surface area contributed by atoms with Gasteiger partial charge in [0.1, 0.15) is 0 Å². The van der Waals surface area contributed by atoms with Crippen molar-refractivity contribution in [1.82, 2.24) is 0 Å². The molecule has 0 fully saturated rings. The summed E-state index contributed by atoms with van der Waals surface area (Å²) in [7, 11) is 3.60. The average molecular weight is 492 g/mol. The maximum absolute atomic E-state index is 5.68. The topological polar surface area (TPSA) is 21.7 Å². The van der Waals surface area contributed by atoms with Crippen LogP contribution in [-0.4, -0.2) is 27.4 Å². The molecule has 0 unspecified atom stereocenters. The van der Waals surface area contributed by atoms with Crippen molar-refractivity contribution in [1.29, 1.82) is 0 Å². The third-order valence-electron chi connectivity index (χ3n) is 7.79. The van der Waals surface area contributed by atoms with Gasteiger partial charge in [0, 0.05) is 49.9 Å². The molecule has 190 valence electrons. The molecule has 0 saturated carbocycles. The smallest absolute Gasteiger partial charge is 0.0474 e. The number of ether oxygens (including phenoxy) is 2. The van der Waals surface area contributed by atoms with Crippen LogP contribution in [0, 0.1) is 0 Å². The summed E-state index contributed by atoms with van der Waals surface area (Å²) in [6, 6.07) is 35.3. The third-order valence-corrected chi connectivity index (χ3v) is 7.79. The Bertz CT molecular complexity index is 1280. The lowest BCUT2D eigenvalue weighted by Gasteiger charge is -2.34. The molecule has 5 rings (SSSR count). The molecular weight excluding hydrogens is 454 g/mol. The highest BCUT2D eigenvalue weighted by Gasteiger charge is 2.43. The van der Waals surface area contributed by atoms with E-state index in [2.05, 4.69) is 116 Å². The van der Waals surface area contributed by atoms with Gasteiger partial charge in [-0.25, -0.2) is 0 Å². The van der Waals surface area contributed by atoms with Gasteiger partial charge in [0.15, 0.2) is 0 Å². The summed E-state index contributed by atoms with van der Waals surface area (Å²) in [6.45, 7) is 5.93. The molecule has 0 heterocycles. The molecular formula is C34H37NO2. The van der Waals surface area contributed by atoms with E-state index in [1.807, 2.05) is 0 Å². The van der Waals surface area contributed by atoms with Crippen LogP contribution in [0.4, 0.5) is 17.1 Å². The highest BCUT2D eigenvalue weighted by molar-refractivity contribution is 5.86. The van der Waals surface area contributed by atoms with E-state index in [4.69, 9.17) is 9.47 Å². The van der Waals surface area contributed by atoms with Crippen molar-refractivity contribution in [3.05, 3.63) is 114 Å². The zero-order chi connectivity index (χ0) is 25.8. The van der Waals surface area contributed by atoms with Crippen molar-refractivity contribution in [3.63, 3.8) is 0 Å². The molecule has 0 spiro atoms. The van der Waals surface area contributed by atoms with Gasteiger partial charge in [0.2, 0.25) is 0 Å². The zero-order valence-electron chi connectivity index (χ0n) is 22.4. The van der Waals surface area contributed by atoms with E-state index in [0.29, 0.717) is 19.1 Å². The molecule has 0 atom stereocenters. The monoisotopic (exact) mass is 491 g/mol. The van der Waals surface area contributed by atoms with Gasteiger partial charge in [0.25, 0.3) is 0 Å². The van der Waals surface area contributed by atoms with E-state index < -0.39 is 0 Å². The lowest BCUT2D eigenvalue weighted by Crippen LogP contribution is -2.29. The van der Waals surface area contributed by atoms with Gasteiger partial charge < -0.3 is 14.4 Å². The van der Waals surface area contributed by atoms with Gasteiger partial charge in [-0.2, -0.15) is 0 Å². The number of nitrogens with zero attached hydrogens (tertiary/aromatic N) is 1. The minimum absolute atomic E-state index is 0.170. The minimum atomic E-state index is -0.170. The van der Waals surface area contributed by atoms with Gasteiger partial charge >= 0.3 is 0 Å². The van der Waals surface area contributed by atoms with Crippen LogP contribution in [0.3, 0.4) is 0 Å². The Morgan fingerprint density at radius 2 is 1.14 bits per heavy atom. The predicted octanol–water partition coefficient (Wildman–Crippen LogP) is 8.62. The van der Waals surface area contributed by atoms with Crippen LogP contribution in [0.1, 0.15) is 49.3 Å². The number of hydrogen-bond acceptors (Lipinski definition) is 3. The predicted molar refractivity (Wildman–Crippen MR) is 154 cm³/mol. The third kappa shape index (κ3) is 4.70. The van der Waals surface area contributed by atoms with Crippen molar-refractivity contribution in [3.8, 4) is 11.1 Å². The first kappa shape index (κ1) is 25.3. The zero-order valence-corrected chi connectivity index (χ0v) is 22.4. The molecule has 1 aliphatic rings. The summed E-state index contributed by atoms with van der Waals surface area (Å²) in [5.74, 6) is 0.471. The highest BCUT2D eigenvalue weighted by Crippen LogP contribution is 2.54. The Labute approximate surface area is 221 Å². The Hall–Kier alpha value is -3.40. The van der Waals surface area contributed by atoms with Crippen LogP contribution in [0.25, 0.3) is 11.1 Å². The Morgan fingerprint density at radius 3 is 1.65 bits per heavy atom. The van der Waals surface area contributed by atoms with E-state index in [-0.39, 0.29) is 5.41 Å². The Morgan fingerprint density at radius 1 is 0.622 bits per heavy atom. The molecule has 3 nitrogen and oxygen atoms in total. The number of rotatable bonds is 10. The quantitative estimate of drug-likeness (QED) is 0.222. The molecule has 0 radical (unpaired) electrons. The molecule has 0 bridgehead atoms. The molecule has 0 N–H and O–H groups in total. The van der Waals surface area contributed by atoms with Crippen molar-refractivity contribution in [2.75, 3.05) is 32.3 Å². The fraction of sp³-hybridized carbons (Fsp3) is 0.294. The standard InChI is InChI=1S/C34H37NO2/c1-25(2)26-15-17-30-31-18-16-29(35(27-11-7-5-8-12-27)28-13-9-6-10-14-28)24-33(31)34(19-21-36-3,20-22-37-4)32(30)23-26/h5-18,23-25H,19-22H2,1-4H3. The summed E-state index contributed by atoms with van der Waals surface area (Å²) in [5, 5.41) is 0. The number of methoxy groups -OCH3 is 2. The molecule has 0 aliphatic heterocycles. The van der Waals surface area contributed by atoms with Crippen LogP contribution in [-0.2, 0) is 14.9 Å². The highest BCUT2D eigenvalue weighted by atomic mass is 16.5. The van der Waals surface area contributed by atoms with Crippen molar-refractivity contribution >= 4 is 17.1 Å². The second-order valence-electron chi connectivity index (χ2n) is 10.3. The number of anilines is 3. The average Bonchev–Trinajstić information content (AvgIpc) is 3.20. The molecule has 1 aliphatic carbocycles. The summed E-state index contributed by atoms with van der Waals surface area (Å²) in [6.07, 6.45) is 1.82. The maximum Gasteiger partial charge on any atom is 0.0474 e. The lowest BCUT2D eigenvalue weighted by molar-refractivity contribution is 0.145. The molecule has 4 aromatic carbocycles. The lowest BCUT2D eigenvalue weighted by atomic mass is 9.72. The fourth-order valence-corrected chi connectivity index (χ4v) is 5.82. The fourth-order valence-electron chi connectivity index (χ4n) is 5.82. The Kier molecular flexibility index (Phi) is 7.45. The maximum atomic E-state index is 5.68. The van der Waals surface area contributed by atoms with E-state index in [0.717, 1.165) is 29.9 Å². The first-order valence-electron chi connectivity index (χ1n) is 13.3. The van der Waals surface area contributed by atoms with Crippen LogP contribution >= 0.6 is 0 Å². The summed E-state index contributed by atoms with van der Waals surface area (Å²) >= 11 is 0. The second-order valence-corrected chi connectivity index (χ2v) is 10.3. The van der Waals surface area contributed by atoms with E-state index in [1.54, 1.807) is 14.2 Å². The van der Waals surface area contributed by atoms with Gasteiger partial charge in [-0.3, -0.25) is 0 Å². The van der Waals surface area contributed by atoms with Gasteiger partial charge in [0.05, 0.1) is 0 Å². The van der Waals surface area contributed by atoms with E-state index in [1.165, 1.54) is 27.8 Å². The number of hydrogen-bond donors (Lipinski definition) is 0.